The van der Waals surface area contributed by atoms with Crippen LogP contribution in [0.3, 0.4) is 0 Å². The van der Waals surface area contributed by atoms with E-state index < -0.39 is 5.60 Å². The molecule has 0 aromatic carbocycles. The lowest BCUT2D eigenvalue weighted by Gasteiger charge is -2.44. The van der Waals surface area contributed by atoms with Crippen LogP contribution in [0.15, 0.2) is 0 Å². The van der Waals surface area contributed by atoms with E-state index in [1.807, 2.05) is 20.8 Å². The van der Waals surface area contributed by atoms with Gasteiger partial charge in [0, 0.05) is 18.5 Å². The molecule has 1 heterocycles. The minimum atomic E-state index is -0.408. The van der Waals surface area contributed by atoms with Crippen LogP contribution in [0.25, 0.3) is 0 Å². The molecule has 0 spiro atoms. The summed E-state index contributed by atoms with van der Waals surface area (Å²) in [4.78, 5) is 11.5. The number of carbonyl (C=O) groups is 1. The number of carbonyl (C=O) groups excluding carboxylic acids is 1. The lowest BCUT2D eigenvalue weighted by Crippen LogP contribution is -2.49. The predicted molar refractivity (Wildman–Crippen MR) is 62.3 cm³/mol. The molecule has 2 aliphatic rings. The van der Waals surface area contributed by atoms with E-state index in [9.17, 15) is 4.79 Å². The van der Waals surface area contributed by atoms with Crippen molar-refractivity contribution < 1.29 is 9.53 Å². The second kappa shape index (κ2) is 3.91. The topological polar surface area (TPSA) is 50.4 Å². The smallest absolute Gasteiger partial charge is 0.407 e. The molecule has 1 saturated heterocycles. The third-order valence-corrected chi connectivity index (χ3v) is 3.71. The van der Waals surface area contributed by atoms with Crippen LogP contribution in [-0.4, -0.2) is 31.3 Å². The predicted octanol–water partition coefficient (Wildman–Crippen LogP) is 1.51. The van der Waals surface area contributed by atoms with Crippen molar-refractivity contribution in [3.05, 3.63) is 0 Å². The average molecular weight is 226 g/mol. The van der Waals surface area contributed by atoms with Gasteiger partial charge in [-0.2, -0.15) is 0 Å². The fourth-order valence-corrected chi connectivity index (χ4v) is 2.66. The molecule has 4 nitrogen and oxygen atoms in total. The highest BCUT2D eigenvalue weighted by atomic mass is 16.6. The molecule has 0 radical (unpaired) electrons. The Morgan fingerprint density at radius 1 is 1.56 bits per heavy atom. The van der Waals surface area contributed by atoms with Gasteiger partial charge in [0.1, 0.15) is 5.60 Å². The monoisotopic (exact) mass is 226 g/mol. The zero-order valence-corrected chi connectivity index (χ0v) is 10.4. The second-order valence-electron chi connectivity index (χ2n) is 6.08. The lowest BCUT2D eigenvalue weighted by atomic mass is 9.62. The first-order valence-corrected chi connectivity index (χ1v) is 6.09. The van der Waals surface area contributed by atoms with Gasteiger partial charge >= 0.3 is 6.09 Å². The van der Waals surface area contributed by atoms with Crippen molar-refractivity contribution in [1.29, 1.82) is 0 Å². The Labute approximate surface area is 97.1 Å². The Bertz CT molecular complexity index is 285. The van der Waals surface area contributed by atoms with Gasteiger partial charge in [0.25, 0.3) is 0 Å². The van der Waals surface area contributed by atoms with Gasteiger partial charge in [0.05, 0.1) is 0 Å². The summed E-state index contributed by atoms with van der Waals surface area (Å²) in [7, 11) is 0. The number of hydrogen-bond acceptors (Lipinski definition) is 3. The fourth-order valence-electron chi connectivity index (χ4n) is 2.66. The van der Waals surface area contributed by atoms with E-state index in [-0.39, 0.29) is 6.09 Å². The van der Waals surface area contributed by atoms with Gasteiger partial charge in [0.15, 0.2) is 0 Å². The normalized spacial score (nSPS) is 32.8. The molecule has 0 aromatic heterocycles. The number of alkyl carbamates (subject to hydrolysis) is 1. The first kappa shape index (κ1) is 11.7. The maximum absolute atomic E-state index is 11.5. The molecule has 2 rings (SSSR count). The molecule has 2 atom stereocenters. The minimum Gasteiger partial charge on any atom is -0.444 e. The largest absolute Gasteiger partial charge is 0.444 e. The van der Waals surface area contributed by atoms with Crippen LogP contribution in [-0.2, 0) is 4.74 Å². The van der Waals surface area contributed by atoms with Crippen LogP contribution in [0.2, 0.25) is 0 Å². The maximum Gasteiger partial charge on any atom is 0.407 e. The molecule has 1 aliphatic carbocycles. The Morgan fingerprint density at radius 2 is 2.31 bits per heavy atom. The zero-order chi connectivity index (χ0) is 11.8. The van der Waals surface area contributed by atoms with E-state index in [0.717, 1.165) is 25.6 Å². The van der Waals surface area contributed by atoms with Crippen LogP contribution in [0.5, 0.6) is 0 Å². The van der Waals surface area contributed by atoms with Gasteiger partial charge < -0.3 is 15.4 Å². The van der Waals surface area contributed by atoms with Crippen molar-refractivity contribution in [2.75, 3.05) is 19.6 Å². The third-order valence-electron chi connectivity index (χ3n) is 3.71. The highest BCUT2D eigenvalue weighted by Gasteiger charge is 2.49. The van der Waals surface area contributed by atoms with Crippen molar-refractivity contribution in [2.45, 2.75) is 39.2 Å². The molecule has 1 amide bonds. The highest BCUT2D eigenvalue weighted by molar-refractivity contribution is 5.67. The Morgan fingerprint density at radius 3 is 2.81 bits per heavy atom. The molecule has 1 aliphatic heterocycles. The van der Waals surface area contributed by atoms with Gasteiger partial charge in [-0.3, -0.25) is 0 Å². The van der Waals surface area contributed by atoms with Crippen molar-refractivity contribution in [3.8, 4) is 0 Å². The highest BCUT2D eigenvalue weighted by Crippen LogP contribution is 2.48. The Hall–Kier alpha value is -0.770. The minimum absolute atomic E-state index is 0.292. The summed E-state index contributed by atoms with van der Waals surface area (Å²) in [6.07, 6.45) is 2.23. The van der Waals surface area contributed by atoms with Crippen molar-refractivity contribution in [2.24, 2.45) is 11.3 Å². The molecule has 0 aromatic rings. The van der Waals surface area contributed by atoms with E-state index >= 15 is 0 Å². The van der Waals surface area contributed by atoms with E-state index in [1.165, 1.54) is 12.8 Å². The molecule has 16 heavy (non-hydrogen) atoms. The number of rotatable bonds is 2. The molecule has 0 bridgehead atoms. The van der Waals surface area contributed by atoms with E-state index in [1.54, 1.807) is 0 Å². The standard InChI is InChI=1S/C12H22N2O2/c1-11(2,3)16-10(15)14-8-12-5-4-9(12)6-13-7-12/h9,13H,4-8H2,1-3H3,(H,14,15)/t9-,12-/m1/s1. The number of amides is 1. The summed E-state index contributed by atoms with van der Waals surface area (Å²) in [6.45, 7) is 8.54. The quantitative estimate of drug-likeness (QED) is 0.750. The summed E-state index contributed by atoms with van der Waals surface area (Å²) < 4.78 is 5.23. The van der Waals surface area contributed by atoms with Gasteiger partial charge in [-0.1, -0.05) is 0 Å². The van der Waals surface area contributed by atoms with Crippen molar-refractivity contribution in [1.82, 2.24) is 10.6 Å². The van der Waals surface area contributed by atoms with Gasteiger partial charge in [0.2, 0.25) is 0 Å². The second-order valence-corrected chi connectivity index (χ2v) is 6.08. The van der Waals surface area contributed by atoms with E-state index in [4.69, 9.17) is 4.74 Å². The molecule has 0 unspecified atom stereocenters. The number of hydrogen-bond donors (Lipinski definition) is 2. The number of nitrogens with one attached hydrogen (secondary N) is 2. The van der Waals surface area contributed by atoms with Crippen LogP contribution in [0, 0.1) is 11.3 Å². The summed E-state index contributed by atoms with van der Waals surface area (Å²) in [5, 5.41) is 6.31. The average Bonchev–Trinajstić information content (AvgIpc) is 2.37. The third kappa shape index (κ3) is 2.32. The number of fused-ring (bicyclic) bond motifs is 1. The van der Waals surface area contributed by atoms with Gasteiger partial charge in [-0.25, -0.2) is 4.79 Å². The first-order valence-electron chi connectivity index (χ1n) is 6.09. The Balaban J connectivity index is 1.77. The van der Waals surface area contributed by atoms with E-state index in [2.05, 4.69) is 10.6 Å². The number of ether oxygens (including phenoxy) is 1. The van der Waals surface area contributed by atoms with Crippen LogP contribution in [0.1, 0.15) is 33.6 Å². The molecule has 92 valence electrons. The van der Waals surface area contributed by atoms with Crippen molar-refractivity contribution >= 4 is 6.09 Å². The first-order chi connectivity index (χ1) is 7.41. The molecular weight excluding hydrogens is 204 g/mol. The molecule has 2 N–H and O–H groups in total. The summed E-state index contributed by atoms with van der Waals surface area (Å²) in [6, 6.07) is 0. The molecular formula is C12H22N2O2. The molecule has 4 heteroatoms. The van der Waals surface area contributed by atoms with E-state index in [0.29, 0.717) is 5.41 Å². The maximum atomic E-state index is 11.5. The van der Waals surface area contributed by atoms with Crippen LogP contribution >= 0.6 is 0 Å². The molecule has 2 fully saturated rings. The lowest BCUT2D eigenvalue weighted by molar-refractivity contribution is 0.0397. The summed E-state index contributed by atoms with van der Waals surface area (Å²) in [5.41, 5.74) is -0.0917. The van der Waals surface area contributed by atoms with Crippen LogP contribution in [0.4, 0.5) is 4.79 Å². The van der Waals surface area contributed by atoms with Crippen LogP contribution < -0.4 is 10.6 Å². The fraction of sp³-hybridized carbons (Fsp3) is 0.917. The summed E-state index contributed by atoms with van der Waals surface area (Å²) in [5.74, 6) is 0.752. The summed E-state index contributed by atoms with van der Waals surface area (Å²) >= 11 is 0. The zero-order valence-electron chi connectivity index (χ0n) is 10.4. The van der Waals surface area contributed by atoms with Crippen molar-refractivity contribution in [3.63, 3.8) is 0 Å². The Kier molecular flexibility index (Phi) is 2.86. The van der Waals surface area contributed by atoms with Gasteiger partial charge in [-0.15, -0.1) is 0 Å². The van der Waals surface area contributed by atoms with Gasteiger partial charge in [-0.05, 0) is 46.1 Å². The molecule has 1 saturated carbocycles. The SMILES string of the molecule is CC(C)(C)OC(=O)NC[C@]12CC[C@@H]1CNC2.